The molecule has 0 saturated carbocycles. The number of rotatable bonds is 8. The Morgan fingerprint density at radius 2 is 2.06 bits per heavy atom. The highest BCUT2D eigenvalue weighted by atomic mass is 32.2. The average Bonchev–Trinajstić information content (AvgIpc) is 2.24. The Bertz CT molecular complexity index is 303. The standard InChI is InChI=1S/C9H20N2O4S/c1-3-8(10)7-11-16(13,14)6-5-9(12)15-4-2/h8,11H,3-7,10H2,1-2H3. The molecular weight excluding hydrogens is 232 g/mol. The van der Waals surface area contributed by atoms with E-state index in [4.69, 9.17) is 5.73 Å². The van der Waals surface area contributed by atoms with Gasteiger partial charge in [-0.3, -0.25) is 4.79 Å². The largest absolute Gasteiger partial charge is 0.466 e. The molecule has 0 aromatic rings. The van der Waals surface area contributed by atoms with Gasteiger partial charge >= 0.3 is 5.97 Å². The zero-order valence-corrected chi connectivity index (χ0v) is 10.5. The monoisotopic (exact) mass is 252 g/mol. The number of sulfonamides is 1. The highest BCUT2D eigenvalue weighted by Crippen LogP contribution is 1.94. The van der Waals surface area contributed by atoms with Crippen molar-refractivity contribution < 1.29 is 17.9 Å². The lowest BCUT2D eigenvalue weighted by Gasteiger charge is -2.10. The third-order valence-electron chi connectivity index (χ3n) is 1.97. The third kappa shape index (κ3) is 7.61. The first-order valence-electron chi connectivity index (χ1n) is 5.29. The van der Waals surface area contributed by atoms with Gasteiger partial charge in [-0.1, -0.05) is 6.92 Å². The predicted octanol–water partition coefficient (Wildman–Crippen LogP) is -0.404. The molecule has 1 unspecified atom stereocenters. The van der Waals surface area contributed by atoms with Crippen molar-refractivity contribution in [2.75, 3.05) is 18.9 Å². The highest BCUT2D eigenvalue weighted by molar-refractivity contribution is 7.89. The van der Waals surface area contributed by atoms with Crippen molar-refractivity contribution in [1.29, 1.82) is 0 Å². The molecule has 0 amide bonds. The molecule has 0 heterocycles. The van der Waals surface area contributed by atoms with Crippen LogP contribution in [0.2, 0.25) is 0 Å². The number of carbonyl (C=O) groups excluding carboxylic acids is 1. The molecule has 16 heavy (non-hydrogen) atoms. The van der Waals surface area contributed by atoms with Crippen molar-refractivity contribution in [3.8, 4) is 0 Å². The van der Waals surface area contributed by atoms with Crippen molar-refractivity contribution in [1.82, 2.24) is 4.72 Å². The maximum Gasteiger partial charge on any atom is 0.306 e. The summed E-state index contributed by atoms with van der Waals surface area (Å²) >= 11 is 0. The fraction of sp³-hybridized carbons (Fsp3) is 0.889. The summed E-state index contributed by atoms with van der Waals surface area (Å²) in [5.74, 6) is -0.768. The van der Waals surface area contributed by atoms with Gasteiger partial charge in [-0.2, -0.15) is 0 Å². The van der Waals surface area contributed by atoms with Crippen molar-refractivity contribution in [3.05, 3.63) is 0 Å². The second kappa shape index (κ2) is 7.59. The molecule has 7 heteroatoms. The maximum atomic E-state index is 11.4. The number of hydrogen-bond donors (Lipinski definition) is 2. The molecule has 0 aliphatic carbocycles. The molecule has 6 nitrogen and oxygen atoms in total. The van der Waals surface area contributed by atoms with E-state index in [-0.39, 0.29) is 31.4 Å². The molecule has 0 aliphatic rings. The fourth-order valence-corrected chi connectivity index (χ4v) is 1.95. The number of hydrogen-bond acceptors (Lipinski definition) is 5. The summed E-state index contributed by atoms with van der Waals surface area (Å²) in [6.45, 7) is 4.00. The molecule has 0 saturated heterocycles. The van der Waals surface area contributed by atoms with Crippen LogP contribution in [0.3, 0.4) is 0 Å². The van der Waals surface area contributed by atoms with Crippen molar-refractivity contribution >= 4 is 16.0 Å². The third-order valence-corrected chi connectivity index (χ3v) is 3.32. The van der Waals surface area contributed by atoms with Crippen LogP contribution in [0, 0.1) is 0 Å². The molecule has 0 aliphatic heterocycles. The van der Waals surface area contributed by atoms with E-state index in [1.54, 1.807) is 6.92 Å². The number of carbonyl (C=O) groups is 1. The molecule has 0 rings (SSSR count). The van der Waals surface area contributed by atoms with Gasteiger partial charge in [-0.25, -0.2) is 13.1 Å². The van der Waals surface area contributed by atoms with Crippen molar-refractivity contribution in [2.24, 2.45) is 5.73 Å². The first-order valence-corrected chi connectivity index (χ1v) is 6.95. The Labute approximate surface area is 96.6 Å². The van der Waals surface area contributed by atoms with Crippen LogP contribution < -0.4 is 10.5 Å². The maximum absolute atomic E-state index is 11.4. The first-order chi connectivity index (χ1) is 7.41. The van der Waals surface area contributed by atoms with Crippen LogP contribution in [0.4, 0.5) is 0 Å². The zero-order chi connectivity index (χ0) is 12.6. The summed E-state index contributed by atoms with van der Waals surface area (Å²) < 4.78 is 29.7. The van der Waals surface area contributed by atoms with Gasteiger partial charge in [-0.05, 0) is 13.3 Å². The number of ether oxygens (including phenoxy) is 1. The van der Waals surface area contributed by atoms with E-state index in [0.717, 1.165) is 0 Å². The minimum atomic E-state index is -3.43. The van der Waals surface area contributed by atoms with Gasteiger partial charge < -0.3 is 10.5 Å². The summed E-state index contributed by atoms with van der Waals surface area (Å²) in [5.41, 5.74) is 5.57. The molecule has 0 radical (unpaired) electrons. The van der Waals surface area contributed by atoms with Crippen LogP contribution in [0.5, 0.6) is 0 Å². The van der Waals surface area contributed by atoms with Crippen LogP contribution in [0.25, 0.3) is 0 Å². The summed E-state index contributed by atoms with van der Waals surface area (Å²) in [4.78, 5) is 10.9. The lowest BCUT2D eigenvalue weighted by molar-refractivity contribution is -0.142. The SMILES string of the molecule is CCOC(=O)CCS(=O)(=O)NCC(N)CC. The fourth-order valence-electron chi connectivity index (χ4n) is 0.901. The predicted molar refractivity (Wildman–Crippen MR) is 61.3 cm³/mol. The van der Waals surface area contributed by atoms with Gasteiger partial charge in [0.15, 0.2) is 0 Å². The summed E-state index contributed by atoms with van der Waals surface area (Å²) in [7, 11) is -3.43. The van der Waals surface area contributed by atoms with E-state index in [2.05, 4.69) is 9.46 Å². The van der Waals surface area contributed by atoms with Gasteiger partial charge in [0.2, 0.25) is 10.0 Å². The molecule has 0 fully saturated rings. The van der Waals surface area contributed by atoms with Crippen LogP contribution in [0.15, 0.2) is 0 Å². The highest BCUT2D eigenvalue weighted by Gasteiger charge is 2.14. The summed E-state index contributed by atoms with van der Waals surface area (Å²) in [6.07, 6.45) is 0.560. The van der Waals surface area contributed by atoms with Gasteiger partial charge in [0.05, 0.1) is 18.8 Å². The number of esters is 1. The van der Waals surface area contributed by atoms with Crippen LogP contribution in [-0.2, 0) is 19.6 Å². The van der Waals surface area contributed by atoms with E-state index in [9.17, 15) is 13.2 Å². The quantitative estimate of drug-likeness (QED) is 0.572. The van der Waals surface area contributed by atoms with Gasteiger partial charge in [-0.15, -0.1) is 0 Å². The smallest absolute Gasteiger partial charge is 0.306 e. The molecule has 0 spiro atoms. The van der Waals surface area contributed by atoms with E-state index in [1.807, 2.05) is 6.92 Å². The molecular formula is C9H20N2O4S. The topological polar surface area (TPSA) is 98.5 Å². The minimum absolute atomic E-state index is 0.134. The lowest BCUT2D eigenvalue weighted by Crippen LogP contribution is -2.38. The average molecular weight is 252 g/mol. The molecule has 3 N–H and O–H groups in total. The van der Waals surface area contributed by atoms with E-state index < -0.39 is 16.0 Å². The molecule has 1 atom stereocenters. The van der Waals surface area contributed by atoms with Crippen LogP contribution in [0.1, 0.15) is 26.7 Å². The Kier molecular flexibility index (Phi) is 7.27. The Morgan fingerprint density at radius 1 is 1.44 bits per heavy atom. The molecule has 0 aromatic carbocycles. The van der Waals surface area contributed by atoms with E-state index in [0.29, 0.717) is 6.42 Å². The number of nitrogens with two attached hydrogens (primary N) is 1. The number of nitrogens with one attached hydrogen (secondary N) is 1. The first kappa shape index (κ1) is 15.3. The summed E-state index contributed by atoms with van der Waals surface area (Å²) in [6, 6.07) is -0.197. The second-order valence-corrected chi connectivity index (χ2v) is 5.32. The van der Waals surface area contributed by atoms with Crippen molar-refractivity contribution in [2.45, 2.75) is 32.7 Å². The Morgan fingerprint density at radius 3 is 2.56 bits per heavy atom. The second-order valence-electron chi connectivity index (χ2n) is 3.39. The lowest BCUT2D eigenvalue weighted by atomic mass is 10.2. The van der Waals surface area contributed by atoms with Crippen LogP contribution in [-0.4, -0.2) is 39.3 Å². The molecule has 96 valence electrons. The summed E-state index contributed by atoms with van der Waals surface area (Å²) in [5, 5.41) is 0. The normalized spacial score (nSPS) is 13.4. The minimum Gasteiger partial charge on any atom is -0.466 e. The van der Waals surface area contributed by atoms with Gasteiger partial charge in [0, 0.05) is 12.6 Å². The molecule has 0 bridgehead atoms. The van der Waals surface area contributed by atoms with E-state index in [1.165, 1.54) is 0 Å². The Hall–Kier alpha value is -0.660. The van der Waals surface area contributed by atoms with Crippen molar-refractivity contribution in [3.63, 3.8) is 0 Å². The van der Waals surface area contributed by atoms with Crippen LogP contribution >= 0.6 is 0 Å². The molecule has 0 aromatic heterocycles. The van der Waals surface area contributed by atoms with E-state index >= 15 is 0 Å². The van der Waals surface area contributed by atoms with Gasteiger partial charge in [0.25, 0.3) is 0 Å². The Balaban J connectivity index is 3.92. The zero-order valence-electron chi connectivity index (χ0n) is 9.73. The van der Waals surface area contributed by atoms with Gasteiger partial charge in [0.1, 0.15) is 0 Å².